The van der Waals surface area contributed by atoms with E-state index in [2.05, 4.69) is 50.0 Å². The number of hydrogen-bond acceptors (Lipinski definition) is 7. The van der Waals surface area contributed by atoms with Crippen LogP contribution in [0.4, 0.5) is 0 Å². The lowest BCUT2D eigenvalue weighted by molar-refractivity contribution is -0.338. The van der Waals surface area contributed by atoms with Crippen LogP contribution in [0.15, 0.2) is 42.0 Å². The van der Waals surface area contributed by atoms with Gasteiger partial charge in [0.15, 0.2) is 0 Å². The Morgan fingerprint density at radius 3 is 2.37 bits per heavy atom. The molecule has 7 nitrogen and oxygen atoms in total. The quantitative estimate of drug-likeness (QED) is 0.146. The number of aryl methyl sites for hydroxylation is 1. The van der Waals surface area contributed by atoms with Gasteiger partial charge in [-0.05, 0) is 112 Å². The minimum atomic E-state index is -1.66. The second kappa shape index (κ2) is 15.7. The summed E-state index contributed by atoms with van der Waals surface area (Å²) in [5, 5.41) is 40.0. The van der Waals surface area contributed by atoms with E-state index >= 15 is 0 Å². The molecule has 1 aromatic rings. The number of ether oxygens (including phenoxy) is 2. The molecule has 1 spiro atoms. The van der Waals surface area contributed by atoms with Gasteiger partial charge in [-0.3, -0.25) is 4.79 Å². The van der Waals surface area contributed by atoms with Crippen LogP contribution in [0, 0.1) is 51.3 Å². The van der Waals surface area contributed by atoms with Gasteiger partial charge in [-0.1, -0.05) is 88.6 Å². The van der Waals surface area contributed by atoms with E-state index in [9.17, 15) is 24.9 Å². The highest BCUT2D eigenvalue weighted by Crippen LogP contribution is 2.72. The molecule has 0 saturated heterocycles. The number of cyclic esters (lactones) is 1. The molecule has 4 saturated carbocycles. The van der Waals surface area contributed by atoms with Crippen molar-refractivity contribution in [1.82, 2.24) is 0 Å². The fourth-order valence-electron chi connectivity index (χ4n) is 12.9. The highest BCUT2D eigenvalue weighted by atomic mass is 16.5. The number of aliphatic hydroxyl groups is 3. The van der Waals surface area contributed by atoms with E-state index in [1.165, 1.54) is 11.6 Å². The fourth-order valence-corrected chi connectivity index (χ4v) is 12.9. The van der Waals surface area contributed by atoms with Gasteiger partial charge in [-0.2, -0.15) is 0 Å². The van der Waals surface area contributed by atoms with E-state index in [-0.39, 0.29) is 30.4 Å². The summed E-state index contributed by atoms with van der Waals surface area (Å²) in [6.45, 7) is 6.75. The van der Waals surface area contributed by atoms with Crippen molar-refractivity contribution in [3.05, 3.63) is 47.5 Å². The van der Waals surface area contributed by atoms with Gasteiger partial charge in [0, 0.05) is 24.8 Å². The molecular weight excluding hydrogens is 677 g/mol. The average molecular weight is 743 g/mol. The normalized spacial score (nSPS) is 37.4. The summed E-state index contributed by atoms with van der Waals surface area (Å²) >= 11 is 0. The summed E-state index contributed by atoms with van der Waals surface area (Å²) in [5.41, 5.74) is -3.11. The standard InChI is InChI=1S/C47H66O7/c1-33(14-12-17-34-15-6-4-7-16-34)20-21-38(48)47-39(49)23-28-44(3,36-18-8-9-19-36)41(47)37-31-43(2,46(47,52)29-22-35-30-40(50)53-32-35)24-13-27-45(42(51)54-37)25-10-5-11-26-45/h4,6-7,15-16,30,33,36-39,41,48-49,52H,5,8-12,14,17-23,25-29,31-32H2,1-3H3. The first kappa shape index (κ1) is 39.6. The minimum absolute atomic E-state index is 0.174. The van der Waals surface area contributed by atoms with Gasteiger partial charge in [-0.15, -0.1) is 5.92 Å². The molecular formula is C47H66O7. The summed E-state index contributed by atoms with van der Waals surface area (Å²) in [5.74, 6) is 6.71. The highest BCUT2D eigenvalue weighted by Gasteiger charge is 2.78. The largest absolute Gasteiger partial charge is 0.462 e. The van der Waals surface area contributed by atoms with E-state index in [1.807, 2.05) is 13.0 Å². The van der Waals surface area contributed by atoms with Crippen LogP contribution >= 0.6 is 0 Å². The van der Waals surface area contributed by atoms with Crippen molar-refractivity contribution in [1.29, 1.82) is 0 Å². The van der Waals surface area contributed by atoms with E-state index in [4.69, 9.17) is 9.47 Å². The van der Waals surface area contributed by atoms with E-state index in [0.717, 1.165) is 95.5 Å². The van der Waals surface area contributed by atoms with Crippen LogP contribution in [0.25, 0.3) is 0 Å². The Balaban J connectivity index is 1.31. The Bertz CT molecular complexity index is 1600. The first-order valence-electron chi connectivity index (χ1n) is 21.6. The van der Waals surface area contributed by atoms with Crippen LogP contribution < -0.4 is 0 Å². The number of carbonyl (C=O) groups excluding carboxylic acids is 2. The molecule has 0 amide bonds. The van der Waals surface area contributed by atoms with Crippen molar-refractivity contribution in [2.24, 2.45) is 39.4 Å². The molecule has 54 heavy (non-hydrogen) atoms. The van der Waals surface area contributed by atoms with E-state index < -0.39 is 46.1 Å². The molecule has 9 atom stereocenters. The number of carbonyl (C=O) groups is 2. The number of fused-ring (bicyclic) bond motifs is 4. The number of benzene rings is 1. The van der Waals surface area contributed by atoms with Crippen molar-refractivity contribution >= 4 is 11.9 Å². The third-order valence-electron chi connectivity index (χ3n) is 15.9. The highest BCUT2D eigenvalue weighted by molar-refractivity contribution is 5.85. The first-order chi connectivity index (χ1) is 25.9. The molecule has 7 heteroatoms. The average Bonchev–Trinajstić information content (AvgIpc) is 3.87. The number of hydrogen-bond donors (Lipinski definition) is 3. The molecule has 2 heterocycles. The SMILES string of the molecule is CC(CCCc1ccccc1)CCC(O)C12C(O)CCC(C)(C3CCCC3)C1C1CC(C)(C#CCC3(CCCCC3)C(=O)O1)C2(O)CCC1=CC(=O)OC1. The number of aliphatic hydroxyl groups excluding tert-OH is 2. The van der Waals surface area contributed by atoms with Gasteiger partial charge in [0.2, 0.25) is 0 Å². The van der Waals surface area contributed by atoms with Crippen molar-refractivity contribution in [3.63, 3.8) is 0 Å². The van der Waals surface area contributed by atoms with Crippen molar-refractivity contribution in [3.8, 4) is 11.8 Å². The van der Waals surface area contributed by atoms with Gasteiger partial charge in [-0.25, -0.2) is 4.79 Å². The van der Waals surface area contributed by atoms with Crippen LogP contribution in [0.2, 0.25) is 0 Å². The molecule has 296 valence electrons. The lowest BCUT2D eigenvalue weighted by Gasteiger charge is -2.71. The predicted octanol–water partition coefficient (Wildman–Crippen LogP) is 8.41. The molecule has 3 N–H and O–H groups in total. The van der Waals surface area contributed by atoms with Crippen LogP contribution in [0.5, 0.6) is 0 Å². The van der Waals surface area contributed by atoms with Gasteiger partial charge >= 0.3 is 11.9 Å². The summed E-state index contributed by atoms with van der Waals surface area (Å²) in [4.78, 5) is 26.8. The minimum Gasteiger partial charge on any atom is -0.462 e. The Labute approximate surface area is 324 Å². The predicted molar refractivity (Wildman–Crippen MR) is 209 cm³/mol. The van der Waals surface area contributed by atoms with Gasteiger partial charge < -0.3 is 24.8 Å². The van der Waals surface area contributed by atoms with Gasteiger partial charge in [0.25, 0.3) is 0 Å². The van der Waals surface area contributed by atoms with Crippen LogP contribution in [-0.4, -0.2) is 57.8 Å². The molecule has 6 aliphatic rings. The second-order valence-electron chi connectivity index (χ2n) is 19.1. The van der Waals surface area contributed by atoms with Crippen molar-refractivity contribution < 1.29 is 34.4 Å². The third-order valence-corrected chi connectivity index (χ3v) is 15.9. The molecule has 9 unspecified atom stereocenters. The van der Waals surface area contributed by atoms with Crippen molar-refractivity contribution in [2.75, 3.05) is 6.61 Å². The molecule has 4 aliphatic carbocycles. The smallest absolute Gasteiger partial charge is 0.331 e. The fraction of sp³-hybridized carbons (Fsp3) is 0.745. The van der Waals surface area contributed by atoms with Crippen LogP contribution in [0.1, 0.15) is 148 Å². The van der Waals surface area contributed by atoms with Gasteiger partial charge in [0.1, 0.15) is 12.7 Å². The van der Waals surface area contributed by atoms with E-state index in [1.54, 1.807) is 0 Å². The lowest BCUT2D eigenvalue weighted by atomic mass is 9.35. The monoisotopic (exact) mass is 742 g/mol. The molecule has 0 radical (unpaired) electrons. The molecule has 0 aromatic heterocycles. The maximum Gasteiger partial charge on any atom is 0.331 e. The number of rotatable bonds is 12. The molecule has 7 rings (SSSR count). The Morgan fingerprint density at radius 2 is 1.67 bits per heavy atom. The number of esters is 2. The molecule has 2 aliphatic heterocycles. The van der Waals surface area contributed by atoms with E-state index in [0.29, 0.717) is 43.9 Å². The zero-order valence-electron chi connectivity index (χ0n) is 33.3. The summed E-state index contributed by atoms with van der Waals surface area (Å²) < 4.78 is 12.2. The zero-order valence-corrected chi connectivity index (χ0v) is 33.3. The molecule has 2 bridgehead atoms. The summed E-state index contributed by atoms with van der Waals surface area (Å²) in [6.07, 6.45) is 14.5. The Morgan fingerprint density at radius 1 is 0.926 bits per heavy atom. The summed E-state index contributed by atoms with van der Waals surface area (Å²) in [6, 6.07) is 10.5. The van der Waals surface area contributed by atoms with Gasteiger partial charge in [0.05, 0.1) is 34.1 Å². The molecule has 4 fully saturated rings. The van der Waals surface area contributed by atoms with Crippen molar-refractivity contribution in [2.45, 2.75) is 173 Å². The zero-order chi connectivity index (χ0) is 38.2. The Hall–Kier alpha value is -2.66. The lowest BCUT2D eigenvalue weighted by Crippen LogP contribution is -2.79. The Kier molecular flexibility index (Phi) is 11.5. The molecule has 1 aromatic carbocycles. The summed E-state index contributed by atoms with van der Waals surface area (Å²) in [7, 11) is 0. The first-order valence-corrected chi connectivity index (χ1v) is 21.6. The maximum absolute atomic E-state index is 14.6. The maximum atomic E-state index is 14.6. The third kappa shape index (κ3) is 6.89. The topological polar surface area (TPSA) is 113 Å². The van der Waals surface area contributed by atoms with Crippen LogP contribution in [-0.2, 0) is 25.5 Å². The van der Waals surface area contributed by atoms with Crippen LogP contribution in [0.3, 0.4) is 0 Å². The second-order valence-corrected chi connectivity index (χ2v) is 19.1.